The molecule has 0 unspecified atom stereocenters. The van der Waals surface area contributed by atoms with E-state index in [9.17, 15) is 0 Å². The van der Waals surface area contributed by atoms with Crippen molar-refractivity contribution in [3.8, 4) is 5.75 Å². The molecule has 2 aliphatic heterocycles. The van der Waals surface area contributed by atoms with Gasteiger partial charge in [0.25, 0.3) is 0 Å². The molecule has 4 rings (SSSR count). The van der Waals surface area contributed by atoms with Crippen molar-refractivity contribution in [2.75, 3.05) is 38.3 Å². The van der Waals surface area contributed by atoms with E-state index < -0.39 is 0 Å². The quantitative estimate of drug-likeness (QED) is 0.853. The van der Waals surface area contributed by atoms with Gasteiger partial charge in [-0.25, -0.2) is 0 Å². The summed E-state index contributed by atoms with van der Waals surface area (Å²) in [5, 5.41) is 1.16. The number of ether oxygens (including phenoxy) is 3. The number of anilines is 1. The molecule has 3 heterocycles. The summed E-state index contributed by atoms with van der Waals surface area (Å²) in [6, 6.07) is 8.14. The lowest BCUT2D eigenvalue weighted by Crippen LogP contribution is -2.45. The number of rotatable bonds is 2. The molecular weight excluding hydrogens is 280 g/mol. The Morgan fingerprint density at radius 3 is 2.64 bits per heavy atom. The van der Waals surface area contributed by atoms with E-state index in [2.05, 4.69) is 22.0 Å². The van der Waals surface area contributed by atoms with Crippen molar-refractivity contribution >= 4 is 16.6 Å². The van der Waals surface area contributed by atoms with Gasteiger partial charge < -0.3 is 19.1 Å². The van der Waals surface area contributed by atoms with Crippen molar-refractivity contribution in [1.82, 2.24) is 4.98 Å². The van der Waals surface area contributed by atoms with Crippen LogP contribution in [0, 0.1) is 0 Å². The fourth-order valence-corrected chi connectivity index (χ4v) is 3.39. The standard InChI is InChI=1S/C17H20N2O3/c1-20-13-2-3-14-15(12-13)18-7-4-16(14)19-8-5-17(6-9-19)21-10-11-22-17/h2-4,7,12H,5-6,8-11H2,1H3. The molecule has 0 bridgehead atoms. The largest absolute Gasteiger partial charge is 0.497 e. The van der Waals surface area contributed by atoms with Crippen molar-refractivity contribution < 1.29 is 14.2 Å². The lowest BCUT2D eigenvalue weighted by Gasteiger charge is -2.39. The molecule has 116 valence electrons. The Hall–Kier alpha value is -1.85. The van der Waals surface area contributed by atoms with E-state index in [1.165, 1.54) is 5.69 Å². The highest BCUT2D eigenvalue weighted by atomic mass is 16.7. The van der Waals surface area contributed by atoms with Crippen molar-refractivity contribution in [1.29, 1.82) is 0 Å². The Balaban J connectivity index is 1.61. The number of pyridine rings is 1. The summed E-state index contributed by atoms with van der Waals surface area (Å²) in [4.78, 5) is 6.86. The second-order valence-electron chi connectivity index (χ2n) is 5.81. The van der Waals surface area contributed by atoms with Crippen LogP contribution in [0.5, 0.6) is 5.75 Å². The van der Waals surface area contributed by atoms with Crippen LogP contribution in [0.15, 0.2) is 30.5 Å². The first kappa shape index (κ1) is 13.8. The van der Waals surface area contributed by atoms with Gasteiger partial charge in [-0.15, -0.1) is 0 Å². The second-order valence-corrected chi connectivity index (χ2v) is 5.81. The maximum absolute atomic E-state index is 5.81. The van der Waals surface area contributed by atoms with Gasteiger partial charge in [0.15, 0.2) is 5.79 Å². The number of piperidine rings is 1. The van der Waals surface area contributed by atoms with Crippen LogP contribution in [0.25, 0.3) is 10.9 Å². The highest BCUT2D eigenvalue weighted by Gasteiger charge is 2.39. The molecule has 0 radical (unpaired) electrons. The number of methoxy groups -OCH3 is 1. The molecule has 0 aliphatic carbocycles. The zero-order chi connectivity index (χ0) is 15.0. The van der Waals surface area contributed by atoms with Gasteiger partial charge in [0.05, 0.1) is 25.8 Å². The first-order valence-electron chi connectivity index (χ1n) is 7.75. The third-order valence-corrected chi connectivity index (χ3v) is 4.61. The number of benzene rings is 1. The van der Waals surface area contributed by atoms with E-state index in [0.29, 0.717) is 0 Å². The predicted molar refractivity (Wildman–Crippen MR) is 84.4 cm³/mol. The maximum Gasteiger partial charge on any atom is 0.171 e. The average Bonchev–Trinajstić information content (AvgIpc) is 3.03. The van der Waals surface area contributed by atoms with E-state index in [1.807, 2.05) is 18.3 Å². The SMILES string of the molecule is COc1ccc2c(N3CCC4(CC3)OCCO4)ccnc2c1. The summed E-state index contributed by atoms with van der Waals surface area (Å²) in [5.74, 6) is 0.505. The molecule has 0 amide bonds. The Morgan fingerprint density at radius 2 is 1.91 bits per heavy atom. The van der Waals surface area contributed by atoms with Crippen LogP contribution in [0.1, 0.15) is 12.8 Å². The van der Waals surface area contributed by atoms with Crippen LogP contribution in [0.2, 0.25) is 0 Å². The molecule has 5 nitrogen and oxygen atoms in total. The average molecular weight is 300 g/mol. The molecule has 1 spiro atoms. The van der Waals surface area contributed by atoms with Gasteiger partial charge >= 0.3 is 0 Å². The van der Waals surface area contributed by atoms with E-state index in [1.54, 1.807) is 7.11 Å². The second kappa shape index (κ2) is 5.41. The number of nitrogens with zero attached hydrogens (tertiary/aromatic N) is 2. The van der Waals surface area contributed by atoms with Gasteiger partial charge in [0, 0.05) is 49.3 Å². The minimum atomic E-state index is -0.331. The molecule has 0 saturated carbocycles. The Bertz CT molecular complexity index is 673. The molecule has 1 aromatic carbocycles. The van der Waals surface area contributed by atoms with Crippen LogP contribution in [-0.2, 0) is 9.47 Å². The van der Waals surface area contributed by atoms with E-state index in [4.69, 9.17) is 14.2 Å². The fourth-order valence-electron chi connectivity index (χ4n) is 3.39. The molecule has 2 saturated heterocycles. The minimum absolute atomic E-state index is 0.331. The Kier molecular flexibility index (Phi) is 3.39. The van der Waals surface area contributed by atoms with Crippen molar-refractivity contribution in [3.05, 3.63) is 30.5 Å². The summed E-state index contributed by atoms with van der Waals surface area (Å²) in [6.07, 6.45) is 3.68. The molecule has 0 N–H and O–H groups in total. The van der Waals surface area contributed by atoms with Gasteiger partial charge in [-0.1, -0.05) is 0 Å². The molecule has 22 heavy (non-hydrogen) atoms. The lowest BCUT2D eigenvalue weighted by atomic mass is 10.0. The van der Waals surface area contributed by atoms with E-state index in [0.717, 1.165) is 55.8 Å². The zero-order valence-corrected chi connectivity index (χ0v) is 12.7. The lowest BCUT2D eigenvalue weighted by molar-refractivity contribution is -0.169. The predicted octanol–water partition coefficient (Wildman–Crippen LogP) is 2.59. The molecule has 1 aromatic heterocycles. The van der Waals surface area contributed by atoms with Gasteiger partial charge in [-0.05, 0) is 18.2 Å². The van der Waals surface area contributed by atoms with Crippen LogP contribution in [0.3, 0.4) is 0 Å². The highest BCUT2D eigenvalue weighted by Crippen LogP contribution is 2.35. The molecule has 0 atom stereocenters. The van der Waals surface area contributed by atoms with Crippen molar-refractivity contribution in [2.24, 2.45) is 0 Å². The highest BCUT2D eigenvalue weighted by molar-refractivity contribution is 5.92. The zero-order valence-electron chi connectivity index (χ0n) is 12.7. The van der Waals surface area contributed by atoms with Crippen LogP contribution >= 0.6 is 0 Å². The Morgan fingerprint density at radius 1 is 1.14 bits per heavy atom. The maximum atomic E-state index is 5.81. The first-order chi connectivity index (χ1) is 10.8. The number of hydrogen-bond donors (Lipinski definition) is 0. The normalized spacial score (nSPS) is 20.7. The Labute approximate surface area is 129 Å². The molecule has 2 aliphatic rings. The summed E-state index contributed by atoms with van der Waals surface area (Å²) in [7, 11) is 1.68. The van der Waals surface area contributed by atoms with Crippen LogP contribution in [0.4, 0.5) is 5.69 Å². The number of fused-ring (bicyclic) bond motifs is 1. The molecular formula is C17H20N2O3. The van der Waals surface area contributed by atoms with Crippen LogP contribution in [-0.4, -0.2) is 44.2 Å². The summed E-state index contributed by atoms with van der Waals surface area (Å²) in [6.45, 7) is 3.31. The van der Waals surface area contributed by atoms with Gasteiger partial charge in [-0.3, -0.25) is 4.98 Å². The van der Waals surface area contributed by atoms with Crippen molar-refractivity contribution in [2.45, 2.75) is 18.6 Å². The molecule has 5 heteroatoms. The summed E-state index contributed by atoms with van der Waals surface area (Å²) >= 11 is 0. The molecule has 2 aromatic rings. The summed E-state index contributed by atoms with van der Waals surface area (Å²) < 4.78 is 16.9. The van der Waals surface area contributed by atoms with Crippen molar-refractivity contribution in [3.63, 3.8) is 0 Å². The fraction of sp³-hybridized carbons (Fsp3) is 0.471. The van der Waals surface area contributed by atoms with Gasteiger partial charge in [0.2, 0.25) is 0 Å². The minimum Gasteiger partial charge on any atom is -0.497 e. The van der Waals surface area contributed by atoms with E-state index >= 15 is 0 Å². The third kappa shape index (κ3) is 2.30. The molecule has 2 fully saturated rings. The number of hydrogen-bond acceptors (Lipinski definition) is 5. The monoisotopic (exact) mass is 300 g/mol. The first-order valence-corrected chi connectivity index (χ1v) is 7.75. The van der Waals surface area contributed by atoms with Crippen LogP contribution < -0.4 is 9.64 Å². The summed E-state index contributed by atoms with van der Waals surface area (Å²) in [5.41, 5.74) is 2.19. The van der Waals surface area contributed by atoms with Gasteiger partial charge in [-0.2, -0.15) is 0 Å². The number of aromatic nitrogens is 1. The van der Waals surface area contributed by atoms with Gasteiger partial charge in [0.1, 0.15) is 5.75 Å². The third-order valence-electron chi connectivity index (χ3n) is 4.61. The smallest absolute Gasteiger partial charge is 0.171 e. The van der Waals surface area contributed by atoms with E-state index in [-0.39, 0.29) is 5.79 Å². The topological polar surface area (TPSA) is 43.8 Å².